The second kappa shape index (κ2) is 9.06. The Labute approximate surface area is 186 Å². The molecule has 32 heavy (non-hydrogen) atoms. The van der Waals surface area contributed by atoms with Crippen LogP contribution in [0.4, 0.5) is 15.8 Å². The molecule has 3 aromatic rings. The Hall–Kier alpha value is -3.93. The van der Waals surface area contributed by atoms with Gasteiger partial charge in [-0.3, -0.25) is 9.59 Å². The number of hydrogen-bond donors (Lipinski definition) is 1. The average Bonchev–Trinajstić information content (AvgIpc) is 3.02. The van der Waals surface area contributed by atoms with Crippen LogP contribution in [0.2, 0.25) is 0 Å². The van der Waals surface area contributed by atoms with E-state index in [2.05, 4.69) is 5.32 Å². The molecule has 6 heteroatoms. The summed E-state index contributed by atoms with van der Waals surface area (Å²) in [5.74, 6) is -0.897. The Morgan fingerprint density at radius 1 is 0.938 bits per heavy atom. The number of ether oxygens (including phenoxy) is 1. The van der Waals surface area contributed by atoms with Gasteiger partial charge in [-0.25, -0.2) is 9.29 Å². The van der Waals surface area contributed by atoms with Crippen LogP contribution in [0.25, 0.3) is 5.57 Å². The second-order valence-electron chi connectivity index (χ2n) is 7.54. The number of aryl methyl sites for hydroxylation is 1. The van der Waals surface area contributed by atoms with E-state index in [1.807, 2.05) is 38.1 Å². The summed E-state index contributed by atoms with van der Waals surface area (Å²) in [6, 6.07) is 20.0. The number of nitrogens with zero attached hydrogens (tertiary/aromatic N) is 1. The molecular formula is C26H23FN2O3. The van der Waals surface area contributed by atoms with Crippen LogP contribution < -0.4 is 15.0 Å². The fourth-order valence-corrected chi connectivity index (χ4v) is 3.57. The molecule has 1 aliphatic rings. The average molecular weight is 430 g/mol. The molecule has 0 fully saturated rings. The van der Waals surface area contributed by atoms with Crippen LogP contribution in [0.1, 0.15) is 24.5 Å². The monoisotopic (exact) mass is 430 g/mol. The molecule has 1 heterocycles. The smallest absolute Gasteiger partial charge is 0.282 e. The minimum Gasteiger partial charge on any atom is -0.494 e. The van der Waals surface area contributed by atoms with E-state index in [1.165, 1.54) is 24.3 Å². The Bertz CT molecular complexity index is 1200. The van der Waals surface area contributed by atoms with Gasteiger partial charge in [0.25, 0.3) is 11.8 Å². The number of hydrogen-bond acceptors (Lipinski definition) is 4. The Morgan fingerprint density at radius 3 is 2.38 bits per heavy atom. The number of halogens is 1. The van der Waals surface area contributed by atoms with Gasteiger partial charge < -0.3 is 10.1 Å². The molecule has 0 aliphatic carbocycles. The van der Waals surface area contributed by atoms with Crippen LogP contribution in [0.15, 0.2) is 78.5 Å². The van der Waals surface area contributed by atoms with Crippen molar-refractivity contribution >= 4 is 28.8 Å². The van der Waals surface area contributed by atoms with E-state index in [0.717, 1.165) is 16.9 Å². The van der Waals surface area contributed by atoms with Crippen molar-refractivity contribution < 1.29 is 18.7 Å². The number of anilines is 2. The summed E-state index contributed by atoms with van der Waals surface area (Å²) in [6.45, 7) is 4.55. The summed E-state index contributed by atoms with van der Waals surface area (Å²) < 4.78 is 19.5. The van der Waals surface area contributed by atoms with Gasteiger partial charge in [0.15, 0.2) is 0 Å². The van der Waals surface area contributed by atoms with Gasteiger partial charge in [-0.2, -0.15) is 0 Å². The molecule has 0 spiro atoms. The van der Waals surface area contributed by atoms with Crippen LogP contribution >= 0.6 is 0 Å². The van der Waals surface area contributed by atoms with Crippen molar-refractivity contribution in [3.63, 3.8) is 0 Å². The van der Waals surface area contributed by atoms with E-state index >= 15 is 0 Å². The summed E-state index contributed by atoms with van der Waals surface area (Å²) in [6.07, 6.45) is 0.882. The zero-order valence-corrected chi connectivity index (χ0v) is 17.9. The van der Waals surface area contributed by atoms with Crippen molar-refractivity contribution in [2.45, 2.75) is 20.3 Å². The molecule has 0 saturated carbocycles. The van der Waals surface area contributed by atoms with E-state index in [1.54, 1.807) is 24.3 Å². The maximum absolute atomic E-state index is 13.8. The third-order valence-corrected chi connectivity index (χ3v) is 5.05. The van der Waals surface area contributed by atoms with Gasteiger partial charge in [0.1, 0.15) is 17.3 Å². The lowest BCUT2D eigenvalue weighted by Crippen LogP contribution is -2.32. The van der Waals surface area contributed by atoms with Crippen molar-refractivity contribution in [1.29, 1.82) is 0 Å². The van der Waals surface area contributed by atoms with Gasteiger partial charge in [0.05, 0.1) is 17.9 Å². The molecule has 0 atom stereocenters. The van der Waals surface area contributed by atoms with Crippen LogP contribution in [0.5, 0.6) is 5.75 Å². The number of amides is 2. The predicted octanol–water partition coefficient (Wildman–Crippen LogP) is 5.32. The summed E-state index contributed by atoms with van der Waals surface area (Å²) >= 11 is 0. The van der Waals surface area contributed by atoms with Gasteiger partial charge >= 0.3 is 0 Å². The van der Waals surface area contributed by atoms with Gasteiger partial charge in [-0.05, 0) is 66.9 Å². The number of benzene rings is 3. The summed E-state index contributed by atoms with van der Waals surface area (Å²) in [4.78, 5) is 27.8. The minimum absolute atomic E-state index is 0.145. The molecular weight excluding hydrogens is 407 g/mol. The third-order valence-electron chi connectivity index (χ3n) is 5.05. The zero-order valence-electron chi connectivity index (χ0n) is 17.9. The maximum atomic E-state index is 13.8. The fourth-order valence-electron chi connectivity index (χ4n) is 3.57. The molecule has 1 aliphatic heterocycles. The van der Waals surface area contributed by atoms with Crippen LogP contribution in [0, 0.1) is 12.7 Å². The number of imide groups is 1. The number of carbonyl (C=O) groups is 2. The zero-order chi connectivity index (χ0) is 22.7. The Kier molecular flexibility index (Phi) is 6.03. The first-order valence-electron chi connectivity index (χ1n) is 10.4. The molecule has 0 radical (unpaired) electrons. The summed E-state index contributed by atoms with van der Waals surface area (Å²) in [5, 5.41) is 3.12. The quantitative estimate of drug-likeness (QED) is 0.516. The predicted molar refractivity (Wildman–Crippen MR) is 123 cm³/mol. The molecule has 4 rings (SSSR count). The standard InChI is InChI=1S/C26H23FN2O3/c1-3-14-32-22-12-10-18(11-13-22)23-24(28-20-8-4-6-17(2)15-20)26(31)29(25(23)30)21-9-5-7-19(27)16-21/h4-13,15-16,28H,3,14H2,1-2H3. The van der Waals surface area contributed by atoms with Crippen molar-refractivity contribution in [1.82, 2.24) is 0 Å². The number of carbonyl (C=O) groups excluding carboxylic acids is 2. The molecule has 162 valence electrons. The van der Waals surface area contributed by atoms with Crippen LogP contribution in [-0.2, 0) is 9.59 Å². The lowest BCUT2D eigenvalue weighted by atomic mass is 10.0. The molecule has 5 nitrogen and oxygen atoms in total. The van der Waals surface area contributed by atoms with Crippen LogP contribution in [-0.4, -0.2) is 18.4 Å². The van der Waals surface area contributed by atoms with Crippen LogP contribution in [0.3, 0.4) is 0 Å². The number of nitrogens with one attached hydrogen (secondary N) is 1. The third kappa shape index (κ3) is 4.25. The Morgan fingerprint density at radius 2 is 1.69 bits per heavy atom. The normalized spacial score (nSPS) is 13.7. The van der Waals surface area contributed by atoms with E-state index < -0.39 is 17.6 Å². The molecule has 0 saturated heterocycles. The lowest BCUT2D eigenvalue weighted by molar-refractivity contribution is -0.120. The molecule has 3 aromatic carbocycles. The van der Waals surface area contributed by atoms with Crippen molar-refractivity contribution in [3.8, 4) is 5.75 Å². The second-order valence-corrected chi connectivity index (χ2v) is 7.54. The molecule has 1 N–H and O–H groups in total. The highest BCUT2D eigenvalue weighted by molar-refractivity contribution is 6.46. The highest BCUT2D eigenvalue weighted by atomic mass is 19.1. The van der Waals surface area contributed by atoms with E-state index in [-0.39, 0.29) is 17.0 Å². The van der Waals surface area contributed by atoms with Crippen molar-refractivity contribution in [2.75, 3.05) is 16.8 Å². The SMILES string of the molecule is CCCOc1ccc(C2=C(Nc3cccc(C)c3)C(=O)N(c3cccc(F)c3)C2=O)cc1. The highest BCUT2D eigenvalue weighted by Crippen LogP contribution is 2.34. The fraction of sp³-hybridized carbons (Fsp3) is 0.154. The largest absolute Gasteiger partial charge is 0.494 e. The first-order valence-corrected chi connectivity index (χ1v) is 10.4. The van der Waals surface area contributed by atoms with Gasteiger partial charge in [0.2, 0.25) is 0 Å². The first kappa shape index (κ1) is 21.3. The molecule has 0 bridgehead atoms. The van der Waals surface area contributed by atoms with Gasteiger partial charge in [-0.15, -0.1) is 0 Å². The lowest BCUT2D eigenvalue weighted by Gasteiger charge is -2.15. The molecule has 0 unspecified atom stereocenters. The minimum atomic E-state index is -0.539. The Balaban J connectivity index is 1.77. The topological polar surface area (TPSA) is 58.6 Å². The van der Waals surface area contributed by atoms with Crippen molar-refractivity contribution in [2.24, 2.45) is 0 Å². The molecule has 2 amide bonds. The summed E-state index contributed by atoms with van der Waals surface area (Å²) in [5.41, 5.74) is 2.81. The number of rotatable bonds is 7. The van der Waals surface area contributed by atoms with E-state index in [9.17, 15) is 14.0 Å². The maximum Gasteiger partial charge on any atom is 0.282 e. The van der Waals surface area contributed by atoms with E-state index in [0.29, 0.717) is 23.6 Å². The van der Waals surface area contributed by atoms with Gasteiger partial charge in [-0.1, -0.05) is 37.3 Å². The first-order chi connectivity index (χ1) is 15.5. The highest BCUT2D eigenvalue weighted by Gasteiger charge is 2.40. The van der Waals surface area contributed by atoms with Gasteiger partial charge in [0, 0.05) is 5.69 Å². The molecule has 0 aromatic heterocycles. The van der Waals surface area contributed by atoms with E-state index in [4.69, 9.17) is 4.74 Å². The summed E-state index contributed by atoms with van der Waals surface area (Å²) in [7, 11) is 0. The van der Waals surface area contributed by atoms with Crippen molar-refractivity contribution in [3.05, 3.63) is 95.4 Å².